The van der Waals surface area contributed by atoms with Gasteiger partial charge >= 0.3 is 0 Å². The molecule has 0 aliphatic heterocycles. The molecule has 0 saturated heterocycles. The summed E-state index contributed by atoms with van der Waals surface area (Å²) in [6.07, 6.45) is 1.73. The summed E-state index contributed by atoms with van der Waals surface area (Å²) in [6, 6.07) is 17.2. The Balaban J connectivity index is 1.80. The van der Waals surface area contributed by atoms with Gasteiger partial charge in [-0.15, -0.1) is 0 Å². The van der Waals surface area contributed by atoms with Crippen LogP contribution in [0.4, 0.5) is 5.13 Å². The van der Waals surface area contributed by atoms with Gasteiger partial charge in [-0.2, -0.15) is 0 Å². The summed E-state index contributed by atoms with van der Waals surface area (Å²) < 4.78 is 0.946. The molecule has 0 aliphatic rings. The van der Waals surface area contributed by atoms with Gasteiger partial charge in [0.1, 0.15) is 5.52 Å². The zero-order valence-electron chi connectivity index (χ0n) is 15.5. The first-order chi connectivity index (χ1) is 13.5. The van der Waals surface area contributed by atoms with Crippen LogP contribution in [0, 0.1) is 13.8 Å². The summed E-state index contributed by atoms with van der Waals surface area (Å²) in [5.41, 5.74) is 4.25. The number of anilines is 1. The van der Waals surface area contributed by atoms with Crippen LogP contribution in [0.5, 0.6) is 0 Å². The second-order valence-electron chi connectivity index (χ2n) is 6.67. The number of amides is 1. The molecule has 4 nitrogen and oxygen atoms in total. The van der Waals surface area contributed by atoms with E-state index in [-0.39, 0.29) is 5.91 Å². The third kappa shape index (κ3) is 3.77. The number of hydrogen-bond acceptors (Lipinski definition) is 4. The molecule has 6 heteroatoms. The van der Waals surface area contributed by atoms with E-state index in [9.17, 15) is 4.79 Å². The smallest absolute Gasteiger partial charge is 0.260 e. The lowest BCUT2D eigenvalue weighted by Crippen LogP contribution is -2.30. The molecular formula is C22H18ClN3OS. The van der Waals surface area contributed by atoms with Crippen molar-refractivity contribution in [1.29, 1.82) is 0 Å². The van der Waals surface area contributed by atoms with Crippen LogP contribution < -0.4 is 4.90 Å². The number of fused-ring (bicyclic) bond motifs is 1. The number of carbonyl (C=O) groups is 1. The second-order valence-corrected chi connectivity index (χ2v) is 8.09. The molecule has 1 amide bonds. The molecule has 0 N–H and O–H groups in total. The summed E-state index contributed by atoms with van der Waals surface area (Å²) in [6.45, 7) is 4.32. The Morgan fingerprint density at radius 1 is 1.07 bits per heavy atom. The molecule has 0 fully saturated rings. The summed E-state index contributed by atoms with van der Waals surface area (Å²) in [7, 11) is 0. The molecule has 2 aromatic heterocycles. The summed E-state index contributed by atoms with van der Waals surface area (Å²) in [5.74, 6) is -0.104. The van der Waals surface area contributed by atoms with Crippen molar-refractivity contribution < 1.29 is 4.79 Å². The van der Waals surface area contributed by atoms with Crippen molar-refractivity contribution in [2.45, 2.75) is 20.4 Å². The van der Waals surface area contributed by atoms with E-state index in [2.05, 4.69) is 16.0 Å². The van der Waals surface area contributed by atoms with Crippen LogP contribution >= 0.6 is 22.9 Å². The van der Waals surface area contributed by atoms with Gasteiger partial charge in [0.25, 0.3) is 5.91 Å². The first kappa shape index (κ1) is 18.6. The third-order valence-electron chi connectivity index (χ3n) is 4.35. The number of rotatable bonds is 4. The maximum absolute atomic E-state index is 13.4. The van der Waals surface area contributed by atoms with E-state index in [1.807, 2.05) is 62.4 Å². The molecule has 140 valence electrons. The Morgan fingerprint density at radius 2 is 1.86 bits per heavy atom. The number of hydrogen-bond donors (Lipinski definition) is 0. The van der Waals surface area contributed by atoms with Gasteiger partial charge < -0.3 is 0 Å². The van der Waals surface area contributed by atoms with Gasteiger partial charge in [0.2, 0.25) is 0 Å². The number of benzene rings is 2. The number of aromatic nitrogens is 2. The van der Waals surface area contributed by atoms with E-state index in [1.54, 1.807) is 11.1 Å². The monoisotopic (exact) mass is 407 g/mol. The topological polar surface area (TPSA) is 46.1 Å². The lowest BCUT2D eigenvalue weighted by Gasteiger charge is -2.20. The van der Waals surface area contributed by atoms with Gasteiger partial charge in [-0.1, -0.05) is 52.3 Å². The minimum atomic E-state index is -0.104. The normalized spacial score (nSPS) is 11.0. The van der Waals surface area contributed by atoms with Gasteiger partial charge in [0.05, 0.1) is 22.0 Å². The van der Waals surface area contributed by atoms with Gasteiger partial charge in [-0.25, -0.2) is 4.98 Å². The van der Waals surface area contributed by atoms with E-state index < -0.39 is 0 Å². The molecule has 0 radical (unpaired) electrons. The zero-order valence-corrected chi connectivity index (χ0v) is 17.1. The number of carbonyl (C=O) groups excluding carboxylic acids is 1. The van der Waals surface area contributed by atoms with Crippen molar-refractivity contribution in [2.24, 2.45) is 0 Å². The number of thiazole rings is 1. The Bertz CT molecular complexity index is 1140. The van der Waals surface area contributed by atoms with Crippen molar-refractivity contribution >= 4 is 44.2 Å². The molecule has 0 aliphatic carbocycles. The number of nitrogens with zero attached hydrogens (tertiary/aromatic N) is 3. The second kappa shape index (κ2) is 7.70. The van der Waals surface area contributed by atoms with Crippen LogP contribution in [0.2, 0.25) is 5.02 Å². The lowest BCUT2D eigenvalue weighted by molar-refractivity contribution is 0.0984. The molecule has 0 spiro atoms. The highest BCUT2D eigenvalue weighted by Gasteiger charge is 2.23. The minimum Gasteiger partial charge on any atom is -0.278 e. The Kier molecular flexibility index (Phi) is 5.11. The molecule has 4 aromatic rings. The van der Waals surface area contributed by atoms with Crippen molar-refractivity contribution in [2.75, 3.05) is 4.90 Å². The molecule has 0 saturated carbocycles. The van der Waals surface area contributed by atoms with Crippen molar-refractivity contribution in [1.82, 2.24) is 9.97 Å². The van der Waals surface area contributed by atoms with E-state index >= 15 is 0 Å². The first-order valence-electron chi connectivity index (χ1n) is 8.86. The quantitative estimate of drug-likeness (QED) is 0.429. The van der Waals surface area contributed by atoms with E-state index in [1.165, 1.54) is 11.3 Å². The third-order valence-corrected chi connectivity index (χ3v) is 5.70. The summed E-state index contributed by atoms with van der Waals surface area (Å²) in [4.78, 5) is 24.2. The van der Waals surface area contributed by atoms with Crippen molar-refractivity contribution in [3.8, 4) is 0 Å². The van der Waals surface area contributed by atoms with Crippen LogP contribution in [-0.4, -0.2) is 15.9 Å². The Hall–Kier alpha value is -2.76. The molecule has 0 atom stereocenters. The number of pyridine rings is 1. The molecule has 2 aromatic carbocycles. The van der Waals surface area contributed by atoms with E-state index in [4.69, 9.17) is 11.6 Å². The zero-order chi connectivity index (χ0) is 19.7. The maximum Gasteiger partial charge on any atom is 0.260 e. The molecule has 2 heterocycles. The molecule has 0 bridgehead atoms. The average Bonchev–Trinajstić information content (AvgIpc) is 3.11. The fraction of sp³-hybridized carbons (Fsp3) is 0.136. The van der Waals surface area contributed by atoms with Gasteiger partial charge in [-0.3, -0.25) is 14.7 Å². The predicted octanol–water partition coefficient (Wildman–Crippen LogP) is 5.81. The molecule has 4 rings (SSSR count). The molecule has 28 heavy (non-hydrogen) atoms. The lowest BCUT2D eigenvalue weighted by atomic mass is 10.1. The van der Waals surface area contributed by atoms with Crippen LogP contribution in [0.25, 0.3) is 10.2 Å². The largest absolute Gasteiger partial charge is 0.278 e. The number of para-hydroxylation sites is 1. The standard InChI is InChI=1S/C22H18ClN3OS/c1-14-10-15(2)12-16(11-14)21(27)26(13-17-6-3-4-9-24-17)22-25-20-18(23)7-5-8-19(20)28-22/h3-12H,13H2,1-2H3. The first-order valence-corrected chi connectivity index (χ1v) is 10.1. The van der Waals surface area contributed by atoms with Gasteiger partial charge in [-0.05, 0) is 50.2 Å². The minimum absolute atomic E-state index is 0.104. The maximum atomic E-state index is 13.4. The molecular weight excluding hydrogens is 390 g/mol. The highest BCUT2D eigenvalue weighted by molar-refractivity contribution is 7.22. The van der Waals surface area contributed by atoms with Gasteiger partial charge in [0, 0.05) is 11.8 Å². The highest BCUT2D eigenvalue weighted by Crippen LogP contribution is 2.34. The fourth-order valence-electron chi connectivity index (χ4n) is 3.15. The summed E-state index contributed by atoms with van der Waals surface area (Å²) >= 11 is 7.75. The van der Waals surface area contributed by atoms with Crippen molar-refractivity contribution in [3.63, 3.8) is 0 Å². The van der Waals surface area contributed by atoms with Crippen LogP contribution in [-0.2, 0) is 6.54 Å². The van der Waals surface area contributed by atoms with E-state index in [0.717, 1.165) is 21.5 Å². The molecule has 0 unspecified atom stereocenters. The van der Waals surface area contributed by atoms with Crippen LogP contribution in [0.1, 0.15) is 27.2 Å². The Morgan fingerprint density at radius 3 is 2.54 bits per heavy atom. The Labute approximate surface area is 172 Å². The van der Waals surface area contributed by atoms with Crippen LogP contribution in [0.3, 0.4) is 0 Å². The SMILES string of the molecule is Cc1cc(C)cc(C(=O)N(Cc2ccccn2)c2nc3c(Cl)cccc3s2)c1. The van der Waals surface area contributed by atoms with Crippen molar-refractivity contribution in [3.05, 3.63) is 88.2 Å². The number of aryl methyl sites for hydroxylation is 2. The fourth-order valence-corrected chi connectivity index (χ4v) is 4.42. The highest BCUT2D eigenvalue weighted by atomic mass is 35.5. The predicted molar refractivity (Wildman–Crippen MR) is 115 cm³/mol. The summed E-state index contributed by atoms with van der Waals surface area (Å²) in [5, 5.41) is 1.19. The average molecular weight is 408 g/mol. The number of halogens is 1. The van der Waals surface area contributed by atoms with Gasteiger partial charge in [0.15, 0.2) is 5.13 Å². The van der Waals surface area contributed by atoms with Crippen LogP contribution in [0.15, 0.2) is 60.8 Å². The van der Waals surface area contributed by atoms with E-state index in [0.29, 0.717) is 27.8 Å².